The second kappa shape index (κ2) is 36.3. The molecule has 0 aromatic rings. The van der Waals surface area contributed by atoms with Gasteiger partial charge < -0.3 is 20.4 Å². The van der Waals surface area contributed by atoms with E-state index in [4.69, 9.17) is 0 Å². The molecule has 0 bridgehead atoms. The Kier molecular flexibility index (Phi) is 35.9. The third-order valence-corrected chi connectivity index (χ3v) is 10.8. The number of ketones is 1. The molecule has 5 heteroatoms. The maximum Gasteiger partial charge on any atom is 0.189 e. The molecule has 0 amide bonds. The highest BCUT2D eigenvalue weighted by atomic mass is 16.3. The Bertz CT molecular complexity index is 655. The number of aliphatic hydroxyl groups excluding tert-OH is 4. The van der Waals surface area contributed by atoms with Crippen molar-refractivity contribution in [1.29, 1.82) is 0 Å². The summed E-state index contributed by atoms with van der Waals surface area (Å²) in [5, 5.41) is 41.2. The molecule has 5 nitrogen and oxygen atoms in total. The van der Waals surface area contributed by atoms with Gasteiger partial charge in [0.15, 0.2) is 5.78 Å². The fourth-order valence-corrected chi connectivity index (χ4v) is 6.94. The summed E-state index contributed by atoms with van der Waals surface area (Å²) in [5.41, 5.74) is 0. The monoisotopic (exact) mass is 683 g/mol. The summed E-state index contributed by atoms with van der Waals surface area (Å²) >= 11 is 0. The van der Waals surface area contributed by atoms with Crippen molar-refractivity contribution in [2.45, 2.75) is 263 Å². The third kappa shape index (κ3) is 31.5. The maximum atomic E-state index is 12.4. The van der Waals surface area contributed by atoms with E-state index in [1.807, 2.05) is 0 Å². The number of unbranched alkanes of at least 4 members (excludes halogenated alkanes) is 27. The Labute approximate surface area is 299 Å². The number of hydrogen-bond donors (Lipinski definition) is 4. The van der Waals surface area contributed by atoms with Crippen LogP contribution in [0.4, 0.5) is 0 Å². The standard InChI is InChI=1S/C43H86O5/c1-4-6-7-8-9-10-11-12-13-14-15-16-17-18-19-20-23-27-30-33-36-40(45)43(48)42(47)37-41(46)39(44)35-32-29-26-24-21-22-25-28-31-34-38(3)5-2/h38-42,44-47H,4-37H2,1-3H3/t38?,39?,40?,41?,42-/m1/s1. The fourth-order valence-electron chi connectivity index (χ4n) is 6.94. The predicted molar refractivity (Wildman–Crippen MR) is 207 cm³/mol. The van der Waals surface area contributed by atoms with Crippen LogP contribution >= 0.6 is 0 Å². The molecule has 0 heterocycles. The molecule has 0 fully saturated rings. The van der Waals surface area contributed by atoms with E-state index in [1.165, 1.54) is 161 Å². The number of carbonyl (C=O) groups excluding carboxylic acids is 1. The number of aliphatic hydroxyl groups is 4. The minimum Gasteiger partial charge on any atom is -0.390 e. The lowest BCUT2D eigenvalue weighted by atomic mass is 9.95. The van der Waals surface area contributed by atoms with Crippen LogP contribution in [0.2, 0.25) is 0 Å². The van der Waals surface area contributed by atoms with Crippen LogP contribution in [0.3, 0.4) is 0 Å². The van der Waals surface area contributed by atoms with Crippen LogP contribution in [0, 0.1) is 5.92 Å². The van der Waals surface area contributed by atoms with Gasteiger partial charge >= 0.3 is 0 Å². The zero-order valence-electron chi connectivity index (χ0n) is 32.6. The van der Waals surface area contributed by atoms with E-state index in [0.717, 1.165) is 44.4 Å². The zero-order chi connectivity index (χ0) is 35.5. The molecule has 5 atom stereocenters. The van der Waals surface area contributed by atoms with Crippen LogP contribution in [0.25, 0.3) is 0 Å². The second-order valence-corrected chi connectivity index (χ2v) is 15.6. The van der Waals surface area contributed by atoms with Gasteiger partial charge in [0, 0.05) is 6.42 Å². The van der Waals surface area contributed by atoms with Crippen molar-refractivity contribution in [3.63, 3.8) is 0 Å². The molecule has 0 aromatic carbocycles. The molecule has 0 aliphatic carbocycles. The van der Waals surface area contributed by atoms with Gasteiger partial charge in [-0.3, -0.25) is 4.79 Å². The van der Waals surface area contributed by atoms with E-state index in [0.29, 0.717) is 12.8 Å². The summed E-state index contributed by atoms with van der Waals surface area (Å²) in [4.78, 5) is 12.4. The average Bonchev–Trinajstić information content (AvgIpc) is 3.08. The van der Waals surface area contributed by atoms with Crippen molar-refractivity contribution in [2.75, 3.05) is 0 Å². The Morgan fingerprint density at radius 2 is 0.708 bits per heavy atom. The molecule has 0 saturated carbocycles. The number of rotatable bonds is 39. The summed E-state index contributed by atoms with van der Waals surface area (Å²) in [6, 6.07) is 0. The van der Waals surface area contributed by atoms with Crippen LogP contribution in [0.1, 0.15) is 239 Å². The summed E-state index contributed by atoms with van der Waals surface area (Å²) in [5.74, 6) is 0.233. The molecule has 288 valence electrons. The SMILES string of the molecule is CCCCCCCCCCCCCCCCCCCCCCC(O)C(=O)[C@H](O)CC(O)C(O)CCCCCCCCCCCC(C)CC. The Morgan fingerprint density at radius 1 is 0.396 bits per heavy atom. The first-order valence-electron chi connectivity index (χ1n) is 21.6. The molecule has 0 rings (SSSR count). The Hall–Kier alpha value is -0.490. The molecule has 0 aliphatic heterocycles. The van der Waals surface area contributed by atoms with Crippen LogP contribution < -0.4 is 0 Å². The van der Waals surface area contributed by atoms with E-state index in [2.05, 4.69) is 20.8 Å². The number of carbonyl (C=O) groups is 1. The summed E-state index contributed by atoms with van der Waals surface area (Å²) in [7, 11) is 0. The molecule has 4 unspecified atom stereocenters. The van der Waals surface area contributed by atoms with E-state index in [1.54, 1.807) is 0 Å². The van der Waals surface area contributed by atoms with Gasteiger partial charge in [0.25, 0.3) is 0 Å². The van der Waals surface area contributed by atoms with Gasteiger partial charge in [0.1, 0.15) is 12.2 Å². The van der Waals surface area contributed by atoms with E-state index in [-0.39, 0.29) is 6.42 Å². The minimum absolute atomic E-state index is 0.215. The lowest BCUT2D eigenvalue weighted by Crippen LogP contribution is -2.38. The van der Waals surface area contributed by atoms with Gasteiger partial charge in [-0.15, -0.1) is 0 Å². The van der Waals surface area contributed by atoms with Gasteiger partial charge in [-0.25, -0.2) is 0 Å². The number of hydrogen-bond acceptors (Lipinski definition) is 5. The van der Waals surface area contributed by atoms with Crippen molar-refractivity contribution >= 4 is 5.78 Å². The lowest BCUT2D eigenvalue weighted by molar-refractivity contribution is -0.138. The molecule has 0 saturated heterocycles. The lowest BCUT2D eigenvalue weighted by Gasteiger charge is -2.21. The van der Waals surface area contributed by atoms with E-state index >= 15 is 0 Å². The molecule has 0 radical (unpaired) electrons. The summed E-state index contributed by atoms with van der Waals surface area (Å²) < 4.78 is 0. The predicted octanol–water partition coefficient (Wildman–Crippen LogP) is 11.9. The van der Waals surface area contributed by atoms with Gasteiger partial charge in [-0.05, 0) is 18.8 Å². The third-order valence-electron chi connectivity index (χ3n) is 10.8. The van der Waals surface area contributed by atoms with Gasteiger partial charge in [-0.2, -0.15) is 0 Å². The number of Topliss-reactive ketones (excluding diaryl/α,β-unsaturated/α-hetero) is 1. The normalized spacial score (nSPS) is 15.0. The average molecular weight is 683 g/mol. The van der Waals surface area contributed by atoms with Crippen molar-refractivity contribution in [2.24, 2.45) is 5.92 Å². The smallest absolute Gasteiger partial charge is 0.189 e. The Morgan fingerprint density at radius 3 is 1.06 bits per heavy atom. The largest absolute Gasteiger partial charge is 0.390 e. The summed E-state index contributed by atoms with van der Waals surface area (Å²) in [6.45, 7) is 6.89. The van der Waals surface area contributed by atoms with E-state index < -0.39 is 30.2 Å². The van der Waals surface area contributed by atoms with Crippen molar-refractivity contribution < 1.29 is 25.2 Å². The highest BCUT2D eigenvalue weighted by Gasteiger charge is 2.28. The Balaban J connectivity index is 3.59. The molecular weight excluding hydrogens is 596 g/mol. The molecule has 0 aliphatic rings. The second-order valence-electron chi connectivity index (χ2n) is 15.6. The fraction of sp³-hybridized carbons (Fsp3) is 0.977. The van der Waals surface area contributed by atoms with Crippen LogP contribution in [0.5, 0.6) is 0 Å². The summed E-state index contributed by atoms with van der Waals surface area (Å²) in [6.07, 6.45) is 35.6. The topological polar surface area (TPSA) is 98.0 Å². The highest BCUT2D eigenvalue weighted by Crippen LogP contribution is 2.19. The molecule has 0 spiro atoms. The molecule has 4 N–H and O–H groups in total. The van der Waals surface area contributed by atoms with Crippen LogP contribution in [0.15, 0.2) is 0 Å². The molecule has 48 heavy (non-hydrogen) atoms. The van der Waals surface area contributed by atoms with Crippen molar-refractivity contribution in [3.8, 4) is 0 Å². The molecule has 0 aromatic heterocycles. The maximum absolute atomic E-state index is 12.4. The van der Waals surface area contributed by atoms with Crippen LogP contribution in [-0.2, 0) is 4.79 Å². The van der Waals surface area contributed by atoms with Crippen LogP contribution in [-0.4, -0.2) is 50.6 Å². The van der Waals surface area contributed by atoms with Crippen molar-refractivity contribution in [3.05, 3.63) is 0 Å². The van der Waals surface area contributed by atoms with Crippen molar-refractivity contribution in [1.82, 2.24) is 0 Å². The van der Waals surface area contributed by atoms with Gasteiger partial charge in [0.05, 0.1) is 12.2 Å². The first-order valence-corrected chi connectivity index (χ1v) is 21.6. The first-order chi connectivity index (χ1) is 23.3. The highest BCUT2D eigenvalue weighted by molar-refractivity contribution is 5.86. The van der Waals surface area contributed by atoms with Gasteiger partial charge in [0.2, 0.25) is 0 Å². The quantitative estimate of drug-likeness (QED) is 0.0484. The molecular formula is C43H86O5. The van der Waals surface area contributed by atoms with Gasteiger partial charge in [-0.1, -0.05) is 220 Å². The van der Waals surface area contributed by atoms with E-state index in [9.17, 15) is 25.2 Å². The first kappa shape index (κ1) is 47.5. The zero-order valence-corrected chi connectivity index (χ0v) is 32.6. The minimum atomic E-state index is -1.43.